The Balaban J connectivity index is 1.90. The van der Waals surface area contributed by atoms with Crippen LogP contribution < -0.4 is 5.32 Å². The quantitative estimate of drug-likeness (QED) is 0.843. The van der Waals surface area contributed by atoms with Crippen LogP contribution in [0, 0.1) is 0 Å². The molecule has 0 aromatic carbocycles. The summed E-state index contributed by atoms with van der Waals surface area (Å²) in [4.78, 5) is 26.8. The van der Waals surface area contributed by atoms with Crippen molar-refractivity contribution in [1.29, 1.82) is 0 Å². The number of carbonyl (C=O) groups is 2. The zero-order chi connectivity index (χ0) is 13.8. The van der Waals surface area contributed by atoms with Crippen molar-refractivity contribution in [3.63, 3.8) is 0 Å². The molecule has 1 aliphatic rings. The average molecular weight is 264 g/mol. The number of carbonyl (C=O) groups excluding carboxylic acids is 1. The molecule has 1 amide bonds. The molecule has 3 atom stereocenters. The minimum atomic E-state index is -1.02. The van der Waals surface area contributed by atoms with Gasteiger partial charge in [0.1, 0.15) is 6.10 Å². The maximum Gasteiger partial charge on any atom is 0.332 e. The molecule has 102 valence electrons. The van der Waals surface area contributed by atoms with Gasteiger partial charge in [-0.15, -0.1) is 0 Å². The van der Waals surface area contributed by atoms with Crippen LogP contribution in [0.25, 0.3) is 0 Å². The number of carboxylic acids is 1. The lowest BCUT2D eigenvalue weighted by Crippen LogP contribution is -2.37. The fourth-order valence-corrected chi connectivity index (χ4v) is 2.02. The standard InChI is InChI=1S/C13H16N2O4/c1-8(9-4-2-3-7-14-9)15-12(16)10-5-6-11(19-10)13(17)18/h2-4,7-8,10-11H,5-6H2,1H3,(H,15,16)(H,17,18)/t8-,10-,11+/m0/s1. The summed E-state index contributed by atoms with van der Waals surface area (Å²) in [6, 6.07) is 5.23. The van der Waals surface area contributed by atoms with Gasteiger partial charge in [-0.05, 0) is 31.9 Å². The smallest absolute Gasteiger partial charge is 0.332 e. The normalized spacial score (nSPS) is 23.8. The minimum absolute atomic E-state index is 0.235. The predicted octanol–water partition coefficient (Wildman–Crippen LogP) is 0.891. The number of ether oxygens (including phenoxy) is 1. The number of amides is 1. The maximum absolute atomic E-state index is 11.9. The largest absolute Gasteiger partial charge is 0.479 e. The van der Waals surface area contributed by atoms with E-state index in [1.807, 2.05) is 19.1 Å². The molecule has 0 aliphatic carbocycles. The van der Waals surface area contributed by atoms with Crippen LogP contribution in [0.3, 0.4) is 0 Å². The van der Waals surface area contributed by atoms with E-state index < -0.39 is 18.2 Å². The molecular formula is C13H16N2O4. The highest BCUT2D eigenvalue weighted by molar-refractivity contribution is 5.82. The lowest BCUT2D eigenvalue weighted by atomic mass is 10.1. The number of carboxylic acid groups (broad SMARTS) is 1. The SMILES string of the molecule is C[C@H](NC(=O)[C@@H]1CC[C@H](C(=O)O)O1)c1ccccn1. The molecule has 1 saturated heterocycles. The number of rotatable bonds is 4. The Kier molecular flexibility index (Phi) is 4.11. The molecule has 2 N–H and O–H groups in total. The first-order valence-corrected chi connectivity index (χ1v) is 6.17. The first-order valence-electron chi connectivity index (χ1n) is 6.17. The lowest BCUT2D eigenvalue weighted by molar-refractivity contribution is -0.151. The molecule has 0 unspecified atom stereocenters. The van der Waals surface area contributed by atoms with E-state index in [0.717, 1.165) is 5.69 Å². The number of aromatic nitrogens is 1. The van der Waals surface area contributed by atoms with E-state index in [1.54, 1.807) is 12.3 Å². The van der Waals surface area contributed by atoms with Crippen molar-refractivity contribution in [2.45, 2.75) is 38.0 Å². The van der Waals surface area contributed by atoms with E-state index >= 15 is 0 Å². The first kappa shape index (κ1) is 13.5. The second kappa shape index (κ2) is 5.79. The van der Waals surface area contributed by atoms with Crippen molar-refractivity contribution in [3.8, 4) is 0 Å². The van der Waals surface area contributed by atoms with Crippen molar-refractivity contribution in [2.24, 2.45) is 0 Å². The van der Waals surface area contributed by atoms with Crippen LogP contribution in [0.5, 0.6) is 0 Å². The molecule has 0 bridgehead atoms. The van der Waals surface area contributed by atoms with Gasteiger partial charge in [-0.25, -0.2) is 4.79 Å². The Morgan fingerprint density at radius 1 is 1.42 bits per heavy atom. The van der Waals surface area contributed by atoms with Gasteiger partial charge in [-0.3, -0.25) is 9.78 Å². The summed E-state index contributed by atoms with van der Waals surface area (Å²) in [5.74, 6) is -1.31. The van der Waals surface area contributed by atoms with Gasteiger partial charge < -0.3 is 15.2 Å². The number of hydrogen-bond acceptors (Lipinski definition) is 4. The number of nitrogens with zero attached hydrogens (tertiary/aromatic N) is 1. The van der Waals surface area contributed by atoms with Gasteiger partial charge in [0.2, 0.25) is 5.91 Å². The molecule has 1 fully saturated rings. The van der Waals surface area contributed by atoms with E-state index in [4.69, 9.17) is 9.84 Å². The second-order valence-corrected chi connectivity index (χ2v) is 4.51. The number of aliphatic carboxylic acids is 1. The fraction of sp³-hybridized carbons (Fsp3) is 0.462. The van der Waals surface area contributed by atoms with Gasteiger partial charge in [0, 0.05) is 6.20 Å². The number of hydrogen-bond donors (Lipinski definition) is 2. The Bertz CT molecular complexity index is 463. The summed E-state index contributed by atoms with van der Waals surface area (Å²) >= 11 is 0. The topological polar surface area (TPSA) is 88.5 Å². The minimum Gasteiger partial charge on any atom is -0.479 e. The summed E-state index contributed by atoms with van der Waals surface area (Å²) in [5, 5.41) is 11.6. The van der Waals surface area contributed by atoms with Crippen molar-refractivity contribution >= 4 is 11.9 Å². The molecular weight excluding hydrogens is 248 g/mol. The zero-order valence-corrected chi connectivity index (χ0v) is 10.6. The first-order chi connectivity index (χ1) is 9.08. The molecule has 2 rings (SSSR count). The average Bonchev–Trinajstić information content (AvgIpc) is 2.89. The third-order valence-electron chi connectivity index (χ3n) is 3.08. The fourth-order valence-electron chi connectivity index (χ4n) is 2.02. The van der Waals surface area contributed by atoms with E-state index in [0.29, 0.717) is 12.8 Å². The van der Waals surface area contributed by atoms with Crippen LogP contribution >= 0.6 is 0 Å². The Labute approximate surface area is 110 Å². The van der Waals surface area contributed by atoms with Crippen LogP contribution in [0.2, 0.25) is 0 Å². The van der Waals surface area contributed by atoms with Crippen LogP contribution in [0.15, 0.2) is 24.4 Å². The highest BCUT2D eigenvalue weighted by atomic mass is 16.5. The highest BCUT2D eigenvalue weighted by Gasteiger charge is 2.35. The van der Waals surface area contributed by atoms with Crippen molar-refractivity contribution < 1.29 is 19.4 Å². The highest BCUT2D eigenvalue weighted by Crippen LogP contribution is 2.21. The van der Waals surface area contributed by atoms with Gasteiger partial charge >= 0.3 is 5.97 Å². The number of nitrogens with one attached hydrogen (secondary N) is 1. The van der Waals surface area contributed by atoms with Crippen molar-refractivity contribution in [2.75, 3.05) is 0 Å². The van der Waals surface area contributed by atoms with Gasteiger partial charge in [0.15, 0.2) is 6.10 Å². The molecule has 6 heteroatoms. The van der Waals surface area contributed by atoms with Gasteiger partial charge in [0.25, 0.3) is 0 Å². The van der Waals surface area contributed by atoms with Crippen molar-refractivity contribution in [1.82, 2.24) is 10.3 Å². The van der Waals surface area contributed by atoms with Crippen LogP contribution in [-0.2, 0) is 14.3 Å². The summed E-state index contributed by atoms with van der Waals surface area (Å²) in [5.41, 5.74) is 0.753. The third kappa shape index (κ3) is 3.29. The predicted molar refractivity (Wildman–Crippen MR) is 66.3 cm³/mol. The molecule has 0 saturated carbocycles. The van der Waals surface area contributed by atoms with Crippen LogP contribution in [-0.4, -0.2) is 34.2 Å². The van der Waals surface area contributed by atoms with Crippen LogP contribution in [0.4, 0.5) is 0 Å². The number of pyridine rings is 1. The Morgan fingerprint density at radius 2 is 2.16 bits per heavy atom. The molecule has 6 nitrogen and oxygen atoms in total. The van der Waals surface area contributed by atoms with Gasteiger partial charge in [-0.1, -0.05) is 6.07 Å². The molecule has 19 heavy (non-hydrogen) atoms. The van der Waals surface area contributed by atoms with Crippen molar-refractivity contribution in [3.05, 3.63) is 30.1 Å². The monoisotopic (exact) mass is 264 g/mol. The molecule has 1 aliphatic heterocycles. The summed E-state index contributed by atoms with van der Waals surface area (Å²) in [7, 11) is 0. The summed E-state index contributed by atoms with van der Waals surface area (Å²) < 4.78 is 5.19. The Hall–Kier alpha value is -1.95. The second-order valence-electron chi connectivity index (χ2n) is 4.51. The maximum atomic E-state index is 11.9. The van der Waals surface area contributed by atoms with E-state index in [-0.39, 0.29) is 11.9 Å². The van der Waals surface area contributed by atoms with Gasteiger partial charge in [-0.2, -0.15) is 0 Å². The molecule has 1 aromatic heterocycles. The van der Waals surface area contributed by atoms with Crippen LogP contribution in [0.1, 0.15) is 31.5 Å². The Morgan fingerprint density at radius 3 is 2.74 bits per heavy atom. The van der Waals surface area contributed by atoms with E-state index in [2.05, 4.69) is 10.3 Å². The third-order valence-corrected chi connectivity index (χ3v) is 3.08. The molecule has 0 spiro atoms. The van der Waals surface area contributed by atoms with E-state index in [1.165, 1.54) is 0 Å². The molecule has 2 heterocycles. The molecule has 0 radical (unpaired) electrons. The summed E-state index contributed by atoms with van der Waals surface area (Å²) in [6.07, 6.45) is 0.890. The lowest BCUT2D eigenvalue weighted by Gasteiger charge is -2.16. The van der Waals surface area contributed by atoms with E-state index in [9.17, 15) is 9.59 Å². The summed E-state index contributed by atoms with van der Waals surface area (Å²) in [6.45, 7) is 1.82. The molecule has 1 aromatic rings. The van der Waals surface area contributed by atoms with Gasteiger partial charge in [0.05, 0.1) is 11.7 Å². The zero-order valence-electron chi connectivity index (χ0n) is 10.6.